The van der Waals surface area contributed by atoms with Crippen LogP contribution in [0.1, 0.15) is 33.6 Å². The van der Waals surface area contributed by atoms with Gasteiger partial charge in [0.05, 0.1) is 12.2 Å². The van der Waals surface area contributed by atoms with Crippen LogP contribution in [0.15, 0.2) is 12.2 Å². The average Bonchev–Trinajstić information content (AvgIpc) is 2.16. The maximum absolute atomic E-state index is 11.7. The molecule has 4 nitrogen and oxygen atoms in total. The zero-order chi connectivity index (χ0) is 12.1. The first-order valence-corrected chi connectivity index (χ1v) is 5.92. The van der Waals surface area contributed by atoms with Crippen LogP contribution >= 0.6 is 0 Å². The number of hydrazine groups is 1. The first-order valence-electron chi connectivity index (χ1n) is 5.92. The van der Waals surface area contributed by atoms with Crippen LogP contribution in [0.2, 0.25) is 0 Å². The summed E-state index contributed by atoms with van der Waals surface area (Å²) in [5.41, 5.74) is 3.53. The van der Waals surface area contributed by atoms with Gasteiger partial charge in [0.15, 0.2) is 0 Å². The van der Waals surface area contributed by atoms with Crippen molar-refractivity contribution in [2.45, 2.75) is 45.8 Å². The minimum Gasteiger partial charge on any atom is -0.373 e. The summed E-state index contributed by atoms with van der Waals surface area (Å²) in [5.74, 6) is -0.0665. The van der Waals surface area contributed by atoms with E-state index in [2.05, 4.69) is 12.0 Å². The van der Waals surface area contributed by atoms with E-state index in [1.54, 1.807) is 0 Å². The Morgan fingerprint density at radius 3 is 2.50 bits per heavy atom. The second-order valence-corrected chi connectivity index (χ2v) is 4.46. The summed E-state index contributed by atoms with van der Waals surface area (Å²) < 4.78 is 5.59. The molecule has 1 aliphatic heterocycles. The van der Waals surface area contributed by atoms with Crippen LogP contribution in [-0.4, -0.2) is 36.2 Å². The molecule has 0 aromatic carbocycles. The Morgan fingerprint density at radius 1 is 1.44 bits per heavy atom. The lowest BCUT2D eigenvalue weighted by molar-refractivity contribution is -0.130. The van der Waals surface area contributed by atoms with Gasteiger partial charge in [-0.1, -0.05) is 19.9 Å². The SMILES string of the molecule is C=C(CCC)C(=O)NN1CC(C)OC(C)C1. The van der Waals surface area contributed by atoms with Gasteiger partial charge in [-0.3, -0.25) is 10.2 Å². The monoisotopic (exact) mass is 226 g/mol. The molecule has 4 heteroatoms. The van der Waals surface area contributed by atoms with E-state index >= 15 is 0 Å². The van der Waals surface area contributed by atoms with Gasteiger partial charge in [0, 0.05) is 18.7 Å². The smallest absolute Gasteiger partial charge is 0.260 e. The van der Waals surface area contributed by atoms with E-state index in [9.17, 15) is 4.79 Å². The first-order chi connectivity index (χ1) is 7.52. The second-order valence-electron chi connectivity index (χ2n) is 4.46. The molecular weight excluding hydrogens is 204 g/mol. The Morgan fingerprint density at radius 2 is 2.00 bits per heavy atom. The highest BCUT2D eigenvalue weighted by molar-refractivity contribution is 5.92. The molecule has 16 heavy (non-hydrogen) atoms. The number of nitrogens with one attached hydrogen (secondary N) is 1. The van der Waals surface area contributed by atoms with Crippen LogP contribution in [0.4, 0.5) is 0 Å². The van der Waals surface area contributed by atoms with Crippen molar-refractivity contribution in [1.82, 2.24) is 10.4 Å². The zero-order valence-electron chi connectivity index (χ0n) is 10.5. The molecular formula is C12H22N2O2. The molecule has 0 saturated carbocycles. The van der Waals surface area contributed by atoms with E-state index in [4.69, 9.17) is 4.74 Å². The van der Waals surface area contributed by atoms with Crippen LogP contribution in [-0.2, 0) is 9.53 Å². The summed E-state index contributed by atoms with van der Waals surface area (Å²) in [6, 6.07) is 0. The first kappa shape index (κ1) is 13.2. The lowest BCUT2D eigenvalue weighted by Gasteiger charge is -2.35. The van der Waals surface area contributed by atoms with E-state index in [-0.39, 0.29) is 18.1 Å². The van der Waals surface area contributed by atoms with Crippen molar-refractivity contribution in [3.8, 4) is 0 Å². The van der Waals surface area contributed by atoms with Gasteiger partial charge in [-0.15, -0.1) is 0 Å². The van der Waals surface area contributed by atoms with E-state index < -0.39 is 0 Å². The standard InChI is InChI=1S/C12H22N2O2/c1-5-6-9(2)12(15)13-14-7-10(3)16-11(4)8-14/h10-11H,2,5-8H2,1,3-4H3,(H,13,15). The molecule has 2 unspecified atom stereocenters. The van der Waals surface area contributed by atoms with E-state index in [1.807, 2.05) is 25.8 Å². The normalized spacial score (nSPS) is 26.4. The van der Waals surface area contributed by atoms with Crippen molar-refractivity contribution >= 4 is 5.91 Å². The Hall–Kier alpha value is -0.870. The van der Waals surface area contributed by atoms with Crippen LogP contribution in [0.3, 0.4) is 0 Å². The molecule has 1 N–H and O–H groups in total. The van der Waals surface area contributed by atoms with Crippen LogP contribution < -0.4 is 5.43 Å². The molecule has 0 bridgehead atoms. The van der Waals surface area contributed by atoms with Crippen molar-refractivity contribution < 1.29 is 9.53 Å². The molecule has 1 saturated heterocycles. The zero-order valence-corrected chi connectivity index (χ0v) is 10.5. The highest BCUT2D eigenvalue weighted by atomic mass is 16.5. The largest absolute Gasteiger partial charge is 0.373 e. The Balaban J connectivity index is 2.41. The predicted octanol–water partition coefficient (Wildman–Crippen LogP) is 1.48. The van der Waals surface area contributed by atoms with Crippen molar-refractivity contribution in [3.63, 3.8) is 0 Å². The lowest BCUT2D eigenvalue weighted by atomic mass is 10.2. The number of hydrogen-bond acceptors (Lipinski definition) is 3. The number of rotatable bonds is 4. The molecule has 0 spiro atoms. The fraction of sp³-hybridized carbons (Fsp3) is 0.750. The van der Waals surface area contributed by atoms with Crippen LogP contribution in [0.5, 0.6) is 0 Å². The van der Waals surface area contributed by atoms with Crippen molar-refractivity contribution in [2.24, 2.45) is 0 Å². The summed E-state index contributed by atoms with van der Waals surface area (Å²) in [6.45, 7) is 11.3. The topological polar surface area (TPSA) is 41.6 Å². The quantitative estimate of drug-likeness (QED) is 0.738. The highest BCUT2D eigenvalue weighted by Crippen LogP contribution is 2.09. The van der Waals surface area contributed by atoms with Gasteiger partial charge in [-0.25, -0.2) is 5.01 Å². The summed E-state index contributed by atoms with van der Waals surface area (Å²) in [6.07, 6.45) is 2.01. The molecule has 1 fully saturated rings. The molecule has 0 aromatic rings. The van der Waals surface area contributed by atoms with E-state index in [0.29, 0.717) is 5.57 Å². The molecule has 1 rings (SSSR count). The Labute approximate surface area is 97.6 Å². The summed E-state index contributed by atoms with van der Waals surface area (Å²) in [5, 5.41) is 1.92. The van der Waals surface area contributed by atoms with Gasteiger partial charge in [0.25, 0.3) is 5.91 Å². The lowest BCUT2D eigenvalue weighted by Crippen LogP contribution is -2.53. The molecule has 1 amide bonds. The Bertz CT molecular complexity index is 256. The third-order valence-electron chi connectivity index (χ3n) is 2.55. The van der Waals surface area contributed by atoms with E-state index in [0.717, 1.165) is 25.9 Å². The molecule has 0 radical (unpaired) electrons. The van der Waals surface area contributed by atoms with Crippen molar-refractivity contribution in [2.75, 3.05) is 13.1 Å². The summed E-state index contributed by atoms with van der Waals surface area (Å²) in [7, 11) is 0. The molecule has 1 heterocycles. The number of carbonyl (C=O) groups is 1. The number of morpholine rings is 1. The number of amides is 1. The number of ether oxygens (including phenoxy) is 1. The fourth-order valence-electron chi connectivity index (χ4n) is 1.91. The van der Waals surface area contributed by atoms with Crippen molar-refractivity contribution in [1.29, 1.82) is 0 Å². The minimum atomic E-state index is -0.0665. The van der Waals surface area contributed by atoms with Crippen LogP contribution in [0, 0.1) is 0 Å². The number of hydrogen-bond donors (Lipinski definition) is 1. The average molecular weight is 226 g/mol. The van der Waals surface area contributed by atoms with Gasteiger partial charge < -0.3 is 4.74 Å². The third-order valence-corrected chi connectivity index (χ3v) is 2.55. The molecule has 1 aliphatic rings. The molecule has 92 valence electrons. The van der Waals surface area contributed by atoms with Gasteiger partial charge >= 0.3 is 0 Å². The minimum absolute atomic E-state index is 0.0665. The highest BCUT2D eigenvalue weighted by Gasteiger charge is 2.23. The van der Waals surface area contributed by atoms with E-state index in [1.165, 1.54) is 0 Å². The van der Waals surface area contributed by atoms with Gasteiger partial charge in [0.1, 0.15) is 0 Å². The summed E-state index contributed by atoms with van der Waals surface area (Å²) >= 11 is 0. The fourth-order valence-corrected chi connectivity index (χ4v) is 1.91. The molecule has 0 aliphatic carbocycles. The Kier molecular flexibility index (Phi) is 4.96. The molecule has 2 atom stereocenters. The number of nitrogens with zero attached hydrogens (tertiary/aromatic N) is 1. The van der Waals surface area contributed by atoms with Gasteiger partial charge in [0.2, 0.25) is 0 Å². The van der Waals surface area contributed by atoms with Gasteiger partial charge in [-0.05, 0) is 20.3 Å². The third kappa shape index (κ3) is 3.94. The van der Waals surface area contributed by atoms with Crippen molar-refractivity contribution in [3.05, 3.63) is 12.2 Å². The maximum atomic E-state index is 11.7. The summed E-state index contributed by atoms with van der Waals surface area (Å²) in [4.78, 5) is 11.7. The number of carbonyl (C=O) groups excluding carboxylic acids is 1. The molecule has 0 aromatic heterocycles. The second kappa shape index (κ2) is 6.01. The maximum Gasteiger partial charge on any atom is 0.260 e. The van der Waals surface area contributed by atoms with Crippen LogP contribution in [0.25, 0.3) is 0 Å². The van der Waals surface area contributed by atoms with Gasteiger partial charge in [-0.2, -0.15) is 0 Å². The predicted molar refractivity (Wildman–Crippen MR) is 63.8 cm³/mol.